The van der Waals surface area contributed by atoms with E-state index in [4.69, 9.17) is 9.98 Å². The molecule has 0 saturated heterocycles. The van der Waals surface area contributed by atoms with Crippen molar-refractivity contribution in [2.45, 2.75) is 25.7 Å². The van der Waals surface area contributed by atoms with E-state index in [-0.39, 0.29) is 0 Å². The number of hydrogen-bond donors (Lipinski definition) is 0. The maximum Gasteiger partial charge on any atom is 0.143 e. The lowest BCUT2D eigenvalue weighted by Gasteiger charge is -2.27. The molecule has 0 spiro atoms. The Morgan fingerprint density at radius 1 is 1.00 bits per heavy atom. The zero-order valence-electron chi connectivity index (χ0n) is 12.4. The second kappa shape index (κ2) is 4.78. The molecule has 3 nitrogen and oxygen atoms in total. The first-order valence-corrected chi connectivity index (χ1v) is 8.84. The Hall–Kier alpha value is -1.94. The van der Waals surface area contributed by atoms with Gasteiger partial charge in [-0.15, -0.1) is 11.3 Å². The molecule has 1 aliphatic carbocycles. The van der Waals surface area contributed by atoms with Crippen LogP contribution in [-0.2, 0) is 12.8 Å². The number of fused-ring (bicyclic) bond motifs is 5. The minimum absolute atomic E-state index is 0.880. The molecule has 1 aromatic carbocycles. The smallest absolute Gasteiger partial charge is 0.143 e. The number of hydrogen-bond acceptors (Lipinski definition) is 4. The average Bonchev–Trinajstić information content (AvgIpc) is 3.18. The SMILES string of the molecule is c1ccc(C2=Nc3sc4c(c3C3=NCCN23)CCCC4)cc1. The molecule has 3 aliphatic rings. The van der Waals surface area contributed by atoms with Gasteiger partial charge in [0.2, 0.25) is 0 Å². The van der Waals surface area contributed by atoms with Crippen molar-refractivity contribution in [3.8, 4) is 0 Å². The molecule has 0 atom stereocenters. The number of amidine groups is 2. The third kappa shape index (κ3) is 1.73. The van der Waals surface area contributed by atoms with E-state index < -0.39 is 0 Å². The summed E-state index contributed by atoms with van der Waals surface area (Å²) in [5.41, 5.74) is 4.07. The molecule has 0 radical (unpaired) electrons. The van der Waals surface area contributed by atoms with Crippen LogP contribution in [0.2, 0.25) is 0 Å². The molecule has 0 bridgehead atoms. The maximum atomic E-state index is 5.04. The van der Waals surface area contributed by atoms with Crippen LogP contribution in [-0.4, -0.2) is 29.7 Å². The van der Waals surface area contributed by atoms with E-state index in [1.165, 1.54) is 53.2 Å². The van der Waals surface area contributed by atoms with Gasteiger partial charge in [-0.1, -0.05) is 30.3 Å². The molecular weight excluding hydrogens is 290 g/mol. The van der Waals surface area contributed by atoms with E-state index in [1.807, 2.05) is 11.3 Å². The van der Waals surface area contributed by atoms with Gasteiger partial charge in [-0.3, -0.25) is 4.99 Å². The van der Waals surface area contributed by atoms with Crippen LogP contribution in [0.3, 0.4) is 0 Å². The van der Waals surface area contributed by atoms with Crippen LogP contribution in [0.15, 0.2) is 40.3 Å². The van der Waals surface area contributed by atoms with Crippen molar-refractivity contribution < 1.29 is 0 Å². The summed E-state index contributed by atoms with van der Waals surface area (Å²) in [4.78, 5) is 13.7. The predicted molar refractivity (Wildman–Crippen MR) is 91.7 cm³/mol. The van der Waals surface area contributed by atoms with Crippen LogP contribution in [0, 0.1) is 0 Å². The highest BCUT2D eigenvalue weighted by Crippen LogP contribution is 2.43. The summed E-state index contributed by atoms with van der Waals surface area (Å²) in [6.45, 7) is 1.83. The first-order valence-electron chi connectivity index (χ1n) is 8.03. The molecule has 22 heavy (non-hydrogen) atoms. The van der Waals surface area contributed by atoms with Crippen molar-refractivity contribution in [2.24, 2.45) is 9.98 Å². The fraction of sp³-hybridized carbons (Fsp3) is 0.333. The Balaban J connectivity index is 1.73. The van der Waals surface area contributed by atoms with Crippen LogP contribution in [0.1, 0.15) is 34.4 Å². The first-order chi connectivity index (χ1) is 10.9. The summed E-state index contributed by atoms with van der Waals surface area (Å²) < 4.78 is 0. The second-order valence-electron chi connectivity index (χ2n) is 6.05. The summed E-state index contributed by atoms with van der Waals surface area (Å²) in [7, 11) is 0. The highest BCUT2D eigenvalue weighted by atomic mass is 32.1. The normalized spacial score (nSPS) is 19.2. The highest BCUT2D eigenvalue weighted by Gasteiger charge is 2.35. The average molecular weight is 307 g/mol. The summed E-state index contributed by atoms with van der Waals surface area (Å²) in [5.74, 6) is 2.24. The van der Waals surface area contributed by atoms with Crippen molar-refractivity contribution >= 4 is 28.0 Å². The topological polar surface area (TPSA) is 28.0 Å². The van der Waals surface area contributed by atoms with Gasteiger partial charge in [0.25, 0.3) is 0 Å². The van der Waals surface area contributed by atoms with Crippen molar-refractivity contribution in [3.05, 3.63) is 51.9 Å². The van der Waals surface area contributed by atoms with Gasteiger partial charge in [-0.05, 0) is 31.2 Å². The lowest BCUT2D eigenvalue weighted by Crippen LogP contribution is -2.37. The fourth-order valence-corrected chi connectivity index (χ4v) is 4.95. The molecule has 5 rings (SSSR count). The largest absolute Gasteiger partial charge is 0.308 e. The lowest BCUT2D eigenvalue weighted by molar-refractivity contribution is 0.658. The third-order valence-corrected chi connectivity index (χ3v) is 5.90. The van der Waals surface area contributed by atoms with Crippen molar-refractivity contribution in [2.75, 3.05) is 13.1 Å². The summed E-state index contributed by atoms with van der Waals surface area (Å²) in [5, 5.41) is 1.18. The molecule has 110 valence electrons. The van der Waals surface area contributed by atoms with Crippen molar-refractivity contribution in [1.82, 2.24) is 4.90 Å². The van der Waals surface area contributed by atoms with E-state index in [1.54, 1.807) is 4.88 Å². The zero-order chi connectivity index (χ0) is 14.5. The molecule has 1 aromatic heterocycles. The van der Waals surface area contributed by atoms with Gasteiger partial charge in [-0.25, -0.2) is 4.99 Å². The van der Waals surface area contributed by atoms with Crippen LogP contribution in [0.5, 0.6) is 0 Å². The number of nitrogens with zero attached hydrogens (tertiary/aromatic N) is 3. The van der Waals surface area contributed by atoms with Crippen molar-refractivity contribution in [1.29, 1.82) is 0 Å². The van der Waals surface area contributed by atoms with Gasteiger partial charge in [0.15, 0.2) is 0 Å². The Morgan fingerprint density at radius 2 is 1.86 bits per heavy atom. The van der Waals surface area contributed by atoms with Gasteiger partial charge in [-0.2, -0.15) is 0 Å². The molecule has 0 N–H and O–H groups in total. The Kier molecular flexibility index (Phi) is 2.74. The number of aryl methyl sites for hydroxylation is 1. The van der Waals surface area contributed by atoms with Gasteiger partial charge in [0, 0.05) is 17.0 Å². The Morgan fingerprint density at radius 3 is 2.77 bits per heavy atom. The number of rotatable bonds is 1. The van der Waals surface area contributed by atoms with Gasteiger partial charge in [0.1, 0.15) is 16.7 Å². The van der Waals surface area contributed by atoms with E-state index in [9.17, 15) is 0 Å². The van der Waals surface area contributed by atoms with Gasteiger partial charge >= 0.3 is 0 Å². The van der Waals surface area contributed by atoms with Crippen LogP contribution >= 0.6 is 11.3 Å². The third-order valence-electron chi connectivity index (χ3n) is 4.71. The fourth-order valence-electron chi connectivity index (χ4n) is 3.69. The number of thiophene rings is 1. The zero-order valence-corrected chi connectivity index (χ0v) is 13.2. The van der Waals surface area contributed by atoms with Crippen LogP contribution in [0.4, 0.5) is 5.00 Å². The molecule has 0 amide bonds. The summed E-state index contributed by atoms with van der Waals surface area (Å²) in [6, 6.07) is 10.5. The molecule has 0 saturated carbocycles. The quantitative estimate of drug-likeness (QED) is 0.788. The Labute approximate surface area is 134 Å². The second-order valence-corrected chi connectivity index (χ2v) is 7.13. The maximum absolute atomic E-state index is 5.04. The van der Waals surface area contributed by atoms with Crippen molar-refractivity contribution in [3.63, 3.8) is 0 Å². The number of aliphatic imine (C=N–C) groups is 2. The first kappa shape index (κ1) is 12.6. The standard InChI is InChI=1S/C18H17N3S/c1-2-6-12(7-3-1)16-20-18-15(17-19-10-11-21(16)17)13-8-4-5-9-14(13)22-18/h1-3,6-7H,4-5,8-11H2. The van der Waals surface area contributed by atoms with E-state index in [2.05, 4.69) is 35.2 Å². The molecule has 2 aliphatic heterocycles. The van der Waals surface area contributed by atoms with E-state index in [0.717, 1.165) is 18.9 Å². The summed E-state index contributed by atoms with van der Waals surface area (Å²) in [6.07, 6.45) is 5.04. The monoisotopic (exact) mass is 307 g/mol. The Bertz CT molecular complexity index is 801. The minimum Gasteiger partial charge on any atom is -0.308 e. The predicted octanol–water partition coefficient (Wildman–Crippen LogP) is 3.78. The summed E-state index contributed by atoms with van der Waals surface area (Å²) >= 11 is 1.89. The van der Waals surface area contributed by atoms with E-state index in [0.29, 0.717) is 0 Å². The van der Waals surface area contributed by atoms with Gasteiger partial charge < -0.3 is 4.90 Å². The minimum atomic E-state index is 0.880. The molecule has 3 heterocycles. The van der Waals surface area contributed by atoms with E-state index >= 15 is 0 Å². The molecular formula is C18H17N3S. The lowest BCUT2D eigenvalue weighted by atomic mass is 9.94. The molecule has 4 heteroatoms. The molecule has 0 unspecified atom stereocenters. The van der Waals surface area contributed by atoms with Gasteiger partial charge in [0.05, 0.1) is 12.1 Å². The molecule has 2 aromatic rings. The highest BCUT2D eigenvalue weighted by molar-refractivity contribution is 7.16. The number of benzene rings is 1. The van der Waals surface area contributed by atoms with Crippen LogP contribution in [0.25, 0.3) is 0 Å². The van der Waals surface area contributed by atoms with Crippen LogP contribution < -0.4 is 0 Å². The molecule has 0 fully saturated rings.